The molecule has 1 amide bonds. The fraction of sp³-hybridized carbons (Fsp3) is 0.273. The number of rotatable bonds is 5. The van der Waals surface area contributed by atoms with Crippen molar-refractivity contribution in [3.63, 3.8) is 0 Å². The summed E-state index contributed by atoms with van der Waals surface area (Å²) in [5.74, 6) is -1.63. The van der Waals surface area contributed by atoms with E-state index in [0.717, 1.165) is 0 Å². The smallest absolute Gasteiger partial charge is 0.332 e. The number of hydrogen-bond acceptors (Lipinski definition) is 4. The molecule has 92 valence electrons. The van der Waals surface area contributed by atoms with Crippen molar-refractivity contribution in [1.82, 2.24) is 5.32 Å². The highest BCUT2D eigenvalue weighted by Gasteiger charge is 2.13. The number of benzene rings is 1. The minimum absolute atomic E-state index is 0.0317. The van der Waals surface area contributed by atoms with Crippen LogP contribution in [0.15, 0.2) is 24.3 Å². The van der Waals surface area contributed by atoms with Gasteiger partial charge in [0.05, 0.1) is 0 Å². The van der Waals surface area contributed by atoms with E-state index in [2.05, 4.69) is 5.32 Å². The average molecular weight is 238 g/mol. The largest absolute Gasteiger partial charge is 0.479 e. The number of anilines is 1. The van der Waals surface area contributed by atoms with Crippen LogP contribution in [-0.4, -0.2) is 34.7 Å². The van der Waals surface area contributed by atoms with Crippen molar-refractivity contribution in [2.24, 2.45) is 0 Å². The van der Waals surface area contributed by atoms with Crippen molar-refractivity contribution in [1.29, 1.82) is 0 Å². The van der Waals surface area contributed by atoms with Gasteiger partial charge in [0, 0.05) is 24.2 Å². The van der Waals surface area contributed by atoms with Crippen molar-refractivity contribution in [2.75, 3.05) is 12.3 Å². The van der Waals surface area contributed by atoms with E-state index in [1.54, 1.807) is 24.3 Å². The van der Waals surface area contributed by atoms with Crippen molar-refractivity contribution in [3.8, 4) is 0 Å². The third kappa shape index (κ3) is 4.12. The SMILES string of the molecule is Nc1ccc(C(=O)NCCC(O)C(=O)O)cc1. The van der Waals surface area contributed by atoms with Gasteiger partial charge in [0.15, 0.2) is 6.10 Å². The number of aliphatic hydroxyl groups is 1. The Bertz CT molecular complexity index is 402. The number of carboxylic acid groups (broad SMARTS) is 1. The van der Waals surface area contributed by atoms with Gasteiger partial charge in [-0.3, -0.25) is 4.79 Å². The number of amides is 1. The Balaban J connectivity index is 2.40. The summed E-state index contributed by atoms with van der Waals surface area (Å²) in [6, 6.07) is 6.33. The number of nitrogens with one attached hydrogen (secondary N) is 1. The van der Waals surface area contributed by atoms with Crippen LogP contribution in [0.1, 0.15) is 16.8 Å². The zero-order chi connectivity index (χ0) is 12.8. The van der Waals surface area contributed by atoms with Crippen LogP contribution in [0.3, 0.4) is 0 Å². The second kappa shape index (κ2) is 5.86. The molecule has 0 radical (unpaired) electrons. The van der Waals surface area contributed by atoms with Crippen LogP contribution < -0.4 is 11.1 Å². The van der Waals surface area contributed by atoms with Crippen molar-refractivity contribution in [3.05, 3.63) is 29.8 Å². The maximum atomic E-state index is 11.5. The van der Waals surface area contributed by atoms with Gasteiger partial charge in [-0.1, -0.05) is 0 Å². The number of nitrogens with two attached hydrogens (primary N) is 1. The summed E-state index contributed by atoms with van der Waals surface area (Å²) in [5, 5.41) is 19.9. The van der Waals surface area contributed by atoms with Gasteiger partial charge in [0.2, 0.25) is 0 Å². The maximum absolute atomic E-state index is 11.5. The fourth-order valence-electron chi connectivity index (χ4n) is 1.18. The molecule has 1 rings (SSSR count). The highest BCUT2D eigenvalue weighted by atomic mass is 16.4. The van der Waals surface area contributed by atoms with Crippen LogP contribution in [0.4, 0.5) is 5.69 Å². The zero-order valence-electron chi connectivity index (χ0n) is 9.09. The molecule has 6 heteroatoms. The molecule has 5 N–H and O–H groups in total. The maximum Gasteiger partial charge on any atom is 0.332 e. The lowest BCUT2D eigenvalue weighted by Gasteiger charge is -2.07. The first-order valence-electron chi connectivity index (χ1n) is 5.05. The van der Waals surface area contributed by atoms with Crippen molar-refractivity contribution < 1.29 is 19.8 Å². The minimum atomic E-state index is -1.46. The lowest BCUT2D eigenvalue weighted by atomic mass is 10.2. The normalized spacial score (nSPS) is 11.8. The lowest BCUT2D eigenvalue weighted by molar-refractivity contribution is -0.146. The summed E-state index contributed by atoms with van der Waals surface area (Å²) in [4.78, 5) is 21.8. The Morgan fingerprint density at radius 3 is 2.41 bits per heavy atom. The van der Waals surface area contributed by atoms with E-state index in [4.69, 9.17) is 15.9 Å². The molecule has 0 aliphatic rings. The summed E-state index contributed by atoms with van der Waals surface area (Å²) in [5.41, 5.74) is 6.46. The first-order valence-corrected chi connectivity index (χ1v) is 5.05. The average Bonchev–Trinajstić information content (AvgIpc) is 2.29. The summed E-state index contributed by atoms with van der Waals surface area (Å²) < 4.78 is 0. The van der Waals surface area contributed by atoms with E-state index in [1.807, 2.05) is 0 Å². The Morgan fingerprint density at radius 1 is 1.29 bits per heavy atom. The van der Waals surface area contributed by atoms with Crippen LogP contribution in [-0.2, 0) is 4.79 Å². The molecule has 0 saturated carbocycles. The minimum Gasteiger partial charge on any atom is -0.479 e. The Kier molecular flexibility index (Phi) is 4.47. The highest BCUT2D eigenvalue weighted by Crippen LogP contribution is 2.05. The van der Waals surface area contributed by atoms with Gasteiger partial charge < -0.3 is 21.3 Å². The molecular weight excluding hydrogens is 224 g/mol. The third-order valence-corrected chi connectivity index (χ3v) is 2.16. The second-order valence-corrected chi connectivity index (χ2v) is 3.52. The van der Waals surface area contributed by atoms with Gasteiger partial charge in [-0.25, -0.2) is 4.79 Å². The van der Waals surface area contributed by atoms with E-state index in [0.29, 0.717) is 11.3 Å². The van der Waals surface area contributed by atoms with E-state index in [-0.39, 0.29) is 18.9 Å². The van der Waals surface area contributed by atoms with E-state index >= 15 is 0 Å². The Hall–Kier alpha value is -2.08. The summed E-state index contributed by atoms with van der Waals surface area (Å²) in [6.07, 6.45) is -1.49. The summed E-state index contributed by atoms with van der Waals surface area (Å²) in [6.45, 7) is 0.0939. The zero-order valence-corrected chi connectivity index (χ0v) is 9.09. The molecule has 1 unspecified atom stereocenters. The molecule has 0 saturated heterocycles. The fourth-order valence-corrected chi connectivity index (χ4v) is 1.18. The Labute approximate surface area is 98.1 Å². The predicted molar refractivity (Wildman–Crippen MR) is 61.4 cm³/mol. The summed E-state index contributed by atoms with van der Waals surface area (Å²) >= 11 is 0. The Morgan fingerprint density at radius 2 is 1.88 bits per heavy atom. The van der Waals surface area contributed by atoms with Crippen LogP contribution >= 0.6 is 0 Å². The summed E-state index contributed by atoms with van der Waals surface area (Å²) in [7, 11) is 0. The molecule has 0 aliphatic carbocycles. The van der Waals surface area contributed by atoms with Gasteiger partial charge in [-0.05, 0) is 24.3 Å². The van der Waals surface area contributed by atoms with Crippen molar-refractivity contribution in [2.45, 2.75) is 12.5 Å². The lowest BCUT2D eigenvalue weighted by Crippen LogP contribution is -2.30. The topological polar surface area (TPSA) is 113 Å². The molecule has 1 aromatic rings. The van der Waals surface area contributed by atoms with E-state index in [9.17, 15) is 9.59 Å². The third-order valence-electron chi connectivity index (χ3n) is 2.16. The molecule has 0 aromatic heterocycles. The number of carbonyl (C=O) groups excluding carboxylic acids is 1. The number of aliphatic carboxylic acids is 1. The van der Waals surface area contributed by atoms with Crippen LogP contribution in [0.2, 0.25) is 0 Å². The molecule has 0 fully saturated rings. The van der Waals surface area contributed by atoms with Gasteiger partial charge in [-0.15, -0.1) is 0 Å². The number of nitrogen functional groups attached to an aromatic ring is 1. The molecule has 0 heterocycles. The number of aliphatic hydroxyl groups excluding tert-OH is 1. The second-order valence-electron chi connectivity index (χ2n) is 3.52. The molecule has 0 bridgehead atoms. The van der Waals surface area contributed by atoms with Crippen LogP contribution in [0.25, 0.3) is 0 Å². The molecule has 17 heavy (non-hydrogen) atoms. The van der Waals surface area contributed by atoms with Crippen LogP contribution in [0, 0.1) is 0 Å². The highest BCUT2D eigenvalue weighted by molar-refractivity contribution is 5.94. The van der Waals surface area contributed by atoms with E-state index < -0.39 is 12.1 Å². The van der Waals surface area contributed by atoms with Gasteiger partial charge >= 0.3 is 5.97 Å². The predicted octanol–water partition coefficient (Wildman–Crippen LogP) is -0.166. The molecule has 0 spiro atoms. The molecule has 1 atom stereocenters. The number of carbonyl (C=O) groups is 2. The van der Waals surface area contributed by atoms with Gasteiger partial charge in [0.25, 0.3) is 5.91 Å². The van der Waals surface area contributed by atoms with Gasteiger partial charge in [0.1, 0.15) is 0 Å². The van der Waals surface area contributed by atoms with Crippen molar-refractivity contribution >= 4 is 17.6 Å². The quantitative estimate of drug-likeness (QED) is 0.532. The molecular formula is C11H14N2O4. The molecule has 6 nitrogen and oxygen atoms in total. The van der Waals surface area contributed by atoms with Crippen LogP contribution in [0.5, 0.6) is 0 Å². The number of carboxylic acids is 1. The first-order chi connectivity index (χ1) is 8.00. The molecule has 0 aliphatic heterocycles. The standard InChI is InChI=1S/C11H14N2O4/c12-8-3-1-7(2-4-8)10(15)13-6-5-9(14)11(16)17/h1-4,9,14H,5-6,12H2,(H,13,15)(H,16,17). The first kappa shape index (κ1) is 13.0. The number of hydrogen-bond donors (Lipinski definition) is 4. The monoisotopic (exact) mass is 238 g/mol. The van der Waals surface area contributed by atoms with E-state index in [1.165, 1.54) is 0 Å². The molecule has 1 aromatic carbocycles. The van der Waals surface area contributed by atoms with Gasteiger partial charge in [-0.2, -0.15) is 0 Å².